The molecule has 1 saturated heterocycles. The van der Waals surface area contributed by atoms with E-state index in [0.717, 1.165) is 24.0 Å². The number of alkyl carbamates (subject to hydrolysis) is 1. The summed E-state index contributed by atoms with van der Waals surface area (Å²) < 4.78 is 5.67. The lowest BCUT2D eigenvalue weighted by Gasteiger charge is -2.27. The van der Waals surface area contributed by atoms with Gasteiger partial charge >= 0.3 is 12.1 Å². The molecule has 0 spiro atoms. The zero-order valence-corrected chi connectivity index (χ0v) is 18.9. The first-order valence-electron chi connectivity index (χ1n) is 12.1. The van der Waals surface area contributed by atoms with Crippen LogP contribution in [-0.2, 0) is 14.3 Å². The number of carboxylic acid groups (broad SMARTS) is 1. The largest absolute Gasteiger partial charge is 0.481 e. The maximum atomic E-state index is 13.2. The van der Waals surface area contributed by atoms with E-state index in [1.54, 1.807) is 4.90 Å². The highest BCUT2D eigenvalue weighted by molar-refractivity contribution is 5.86. The van der Waals surface area contributed by atoms with Crippen LogP contribution in [0, 0.1) is 17.3 Å². The maximum Gasteiger partial charge on any atom is 0.407 e. The minimum absolute atomic E-state index is 0.0114. The van der Waals surface area contributed by atoms with E-state index < -0.39 is 17.5 Å². The number of carbonyl (C=O) groups excluding carboxylic acids is 2. The van der Waals surface area contributed by atoms with Crippen LogP contribution in [0.25, 0.3) is 11.1 Å². The zero-order chi connectivity index (χ0) is 23.4. The van der Waals surface area contributed by atoms with E-state index in [0.29, 0.717) is 25.9 Å². The van der Waals surface area contributed by atoms with E-state index in [1.165, 1.54) is 11.1 Å². The van der Waals surface area contributed by atoms with Crippen LogP contribution in [0.5, 0.6) is 0 Å². The Balaban J connectivity index is 1.08. The summed E-state index contributed by atoms with van der Waals surface area (Å²) >= 11 is 0. The number of piperidine rings is 1. The van der Waals surface area contributed by atoms with Crippen molar-refractivity contribution in [3.63, 3.8) is 0 Å². The highest BCUT2D eigenvalue weighted by atomic mass is 16.5. The number of nitrogens with one attached hydrogen (secondary N) is 1. The minimum Gasteiger partial charge on any atom is -0.481 e. The van der Waals surface area contributed by atoms with Crippen LogP contribution in [0.4, 0.5) is 4.79 Å². The van der Waals surface area contributed by atoms with Crippen LogP contribution in [-0.4, -0.2) is 53.7 Å². The van der Waals surface area contributed by atoms with Crippen molar-refractivity contribution in [2.24, 2.45) is 17.3 Å². The number of aliphatic carboxylic acids is 1. The highest BCUT2D eigenvalue weighted by Crippen LogP contribution is 2.58. The number of fused-ring (bicyclic) bond motifs is 4. The van der Waals surface area contributed by atoms with Crippen molar-refractivity contribution < 1.29 is 24.2 Å². The zero-order valence-electron chi connectivity index (χ0n) is 18.9. The van der Waals surface area contributed by atoms with Crippen molar-refractivity contribution in [1.29, 1.82) is 0 Å². The Morgan fingerprint density at radius 1 is 1.03 bits per heavy atom. The molecule has 1 aliphatic heterocycles. The van der Waals surface area contributed by atoms with Crippen LogP contribution in [0.2, 0.25) is 0 Å². The molecule has 34 heavy (non-hydrogen) atoms. The standard InChI is InChI=1S/C27H28N2O5/c30-24(29-13-16-12-27(16,15-29)25(31)32)21-10-5-11-23(21)28-26(33)34-14-22-19-8-3-1-6-17(19)18-7-2-4-9-20(18)22/h1-4,6-9,16,21-23H,5,10-15H2,(H,28,33)(H,31,32)/t16?,21-,23+,27?/m0/s1. The van der Waals surface area contributed by atoms with E-state index in [2.05, 4.69) is 29.6 Å². The lowest BCUT2D eigenvalue weighted by Crippen LogP contribution is -2.46. The summed E-state index contributed by atoms with van der Waals surface area (Å²) in [5.41, 5.74) is 3.94. The van der Waals surface area contributed by atoms with E-state index in [1.807, 2.05) is 24.3 Å². The van der Waals surface area contributed by atoms with Gasteiger partial charge in [-0.15, -0.1) is 0 Å². The molecule has 2 unspecified atom stereocenters. The summed E-state index contributed by atoms with van der Waals surface area (Å²) in [7, 11) is 0. The third kappa shape index (κ3) is 3.29. The van der Waals surface area contributed by atoms with Gasteiger partial charge in [0.25, 0.3) is 0 Å². The summed E-state index contributed by atoms with van der Waals surface area (Å²) in [5, 5.41) is 12.4. The number of benzene rings is 2. The molecule has 176 valence electrons. The first-order valence-corrected chi connectivity index (χ1v) is 12.1. The molecule has 4 atom stereocenters. The SMILES string of the molecule is O=C(N[C@@H]1CCC[C@@H]1C(=O)N1CC2CC2(C(=O)O)C1)OCC1c2ccccc2-c2ccccc21. The first kappa shape index (κ1) is 21.2. The minimum atomic E-state index is -0.799. The third-order valence-electron chi connectivity index (χ3n) is 8.36. The Morgan fingerprint density at radius 3 is 2.35 bits per heavy atom. The van der Waals surface area contributed by atoms with Crippen molar-refractivity contribution in [1.82, 2.24) is 10.2 Å². The number of ether oxygens (including phenoxy) is 1. The van der Waals surface area contributed by atoms with Gasteiger partial charge < -0.3 is 20.1 Å². The number of carboxylic acids is 1. The monoisotopic (exact) mass is 460 g/mol. The predicted molar refractivity (Wildman–Crippen MR) is 124 cm³/mol. The molecule has 3 fully saturated rings. The van der Waals surface area contributed by atoms with Gasteiger partial charge in [-0.25, -0.2) is 4.79 Å². The number of nitrogens with zero attached hydrogens (tertiary/aromatic N) is 1. The molecule has 6 rings (SSSR count). The van der Waals surface area contributed by atoms with Crippen molar-refractivity contribution in [2.45, 2.75) is 37.6 Å². The number of amides is 2. The fraction of sp³-hybridized carbons (Fsp3) is 0.444. The molecule has 0 aromatic heterocycles. The Hall–Kier alpha value is -3.35. The Morgan fingerprint density at radius 2 is 1.71 bits per heavy atom. The first-order chi connectivity index (χ1) is 16.5. The molecule has 2 N–H and O–H groups in total. The molecular formula is C27H28N2O5. The summed E-state index contributed by atoms with van der Waals surface area (Å²) in [4.78, 5) is 39.2. The Bertz CT molecular complexity index is 1130. The topological polar surface area (TPSA) is 95.9 Å². The van der Waals surface area contributed by atoms with Gasteiger partial charge in [-0.05, 0) is 47.4 Å². The van der Waals surface area contributed by atoms with Crippen LogP contribution in [0.3, 0.4) is 0 Å². The fourth-order valence-electron chi connectivity index (χ4n) is 6.44. The average Bonchev–Trinajstić information content (AvgIpc) is 3.16. The summed E-state index contributed by atoms with van der Waals surface area (Å²) in [6.07, 6.45) is 2.44. The lowest BCUT2D eigenvalue weighted by molar-refractivity contribution is -0.144. The molecular weight excluding hydrogens is 432 g/mol. The van der Waals surface area contributed by atoms with Gasteiger partial charge in [0.05, 0.1) is 11.3 Å². The molecule has 0 radical (unpaired) electrons. The maximum absolute atomic E-state index is 13.2. The number of carbonyl (C=O) groups is 3. The quantitative estimate of drug-likeness (QED) is 0.711. The van der Waals surface area contributed by atoms with Gasteiger partial charge in [-0.2, -0.15) is 0 Å². The molecule has 4 aliphatic rings. The molecule has 7 heteroatoms. The summed E-state index contributed by atoms with van der Waals surface area (Å²) in [6, 6.07) is 16.1. The molecule has 2 saturated carbocycles. The van der Waals surface area contributed by atoms with Crippen LogP contribution in [0.1, 0.15) is 42.7 Å². The van der Waals surface area contributed by atoms with E-state index in [-0.39, 0.29) is 36.3 Å². The third-order valence-corrected chi connectivity index (χ3v) is 8.36. The van der Waals surface area contributed by atoms with Crippen molar-refractivity contribution in [2.75, 3.05) is 19.7 Å². The van der Waals surface area contributed by atoms with E-state index in [9.17, 15) is 19.5 Å². The number of hydrogen-bond acceptors (Lipinski definition) is 4. The van der Waals surface area contributed by atoms with Crippen molar-refractivity contribution in [3.05, 3.63) is 59.7 Å². The van der Waals surface area contributed by atoms with Gasteiger partial charge in [0.1, 0.15) is 6.61 Å². The Labute approximate surface area is 198 Å². The molecule has 1 heterocycles. The molecule has 2 aromatic rings. The molecule has 3 aliphatic carbocycles. The normalized spacial score (nSPS) is 28.7. The molecule has 0 bridgehead atoms. The number of likely N-dealkylation sites (tertiary alicyclic amines) is 1. The van der Waals surface area contributed by atoms with Gasteiger partial charge in [0.15, 0.2) is 0 Å². The van der Waals surface area contributed by atoms with Crippen LogP contribution in [0.15, 0.2) is 48.5 Å². The van der Waals surface area contributed by atoms with E-state index in [4.69, 9.17) is 4.74 Å². The second-order valence-electron chi connectivity index (χ2n) is 10.2. The van der Waals surface area contributed by atoms with Crippen molar-refractivity contribution in [3.8, 4) is 11.1 Å². The highest BCUT2D eigenvalue weighted by Gasteiger charge is 2.66. The Kier molecular flexibility index (Phi) is 4.90. The second kappa shape index (κ2) is 7.86. The van der Waals surface area contributed by atoms with Crippen LogP contribution >= 0.6 is 0 Å². The van der Waals surface area contributed by atoms with Gasteiger partial charge in [-0.3, -0.25) is 9.59 Å². The molecule has 2 aromatic carbocycles. The average molecular weight is 461 g/mol. The molecule has 2 amide bonds. The van der Waals surface area contributed by atoms with E-state index >= 15 is 0 Å². The summed E-state index contributed by atoms with van der Waals surface area (Å²) in [5.74, 6) is -1.09. The van der Waals surface area contributed by atoms with Crippen LogP contribution < -0.4 is 5.32 Å². The second-order valence-corrected chi connectivity index (χ2v) is 10.2. The van der Waals surface area contributed by atoms with Gasteiger partial charge in [0, 0.05) is 25.0 Å². The number of hydrogen-bond donors (Lipinski definition) is 2. The fourth-order valence-corrected chi connectivity index (χ4v) is 6.44. The smallest absolute Gasteiger partial charge is 0.407 e. The summed E-state index contributed by atoms with van der Waals surface area (Å²) in [6.45, 7) is 1.04. The van der Waals surface area contributed by atoms with Crippen molar-refractivity contribution >= 4 is 18.0 Å². The van der Waals surface area contributed by atoms with Gasteiger partial charge in [-0.1, -0.05) is 55.0 Å². The van der Waals surface area contributed by atoms with Gasteiger partial charge in [0.2, 0.25) is 5.91 Å². The molecule has 7 nitrogen and oxygen atoms in total. The predicted octanol–water partition coefficient (Wildman–Crippen LogP) is 3.63. The lowest BCUT2D eigenvalue weighted by atomic mass is 9.98. The number of rotatable bonds is 5.